The highest BCUT2D eigenvalue weighted by Gasteiger charge is 2.44. The minimum Gasteiger partial charge on any atom is -0.394 e. The molecule has 0 spiro atoms. The van der Waals surface area contributed by atoms with Crippen LogP contribution in [0.5, 0.6) is 0 Å². The number of nitrogens with zero attached hydrogens (tertiary/aromatic N) is 4. The molecular weight excluding hydrogens is 324 g/mol. The van der Waals surface area contributed by atoms with Crippen LogP contribution in [0, 0.1) is 6.92 Å². The molecule has 1 fully saturated rings. The third-order valence-electron chi connectivity index (χ3n) is 4.48. The van der Waals surface area contributed by atoms with Gasteiger partial charge in [0.2, 0.25) is 0 Å². The van der Waals surface area contributed by atoms with Crippen molar-refractivity contribution < 1.29 is 20.1 Å². The molecule has 3 aromatic rings. The van der Waals surface area contributed by atoms with Crippen molar-refractivity contribution in [2.45, 2.75) is 31.5 Å². The lowest BCUT2D eigenvalue weighted by Gasteiger charge is -2.16. The Balaban J connectivity index is 1.78. The fraction of sp³-hybridized carbons (Fsp3) is 0.353. The zero-order chi connectivity index (χ0) is 17.6. The molecule has 1 aliphatic heterocycles. The molecule has 1 saturated heterocycles. The summed E-state index contributed by atoms with van der Waals surface area (Å²) in [6, 6.07) is 7.91. The molecule has 0 bridgehead atoms. The van der Waals surface area contributed by atoms with E-state index in [0.29, 0.717) is 16.9 Å². The molecule has 4 atom stereocenters. The normalized spacial score (nSPS) is 26.4. The van der Waals surface area contributed by atoms with E-state index in [1.54, 1.807) is 4.57 Å². The lowest BCUT2D eigenvalue weighted by atomic mass is 10.1. The van der Waals surface area contributed by atoms with Crippen LogP contribution in [0.1, 0.15) is 11.8 Å². The summed E-state index contributed by atoms with van der Waals surface area (Å²) in [5.41, 5.74) is 3.79. The summed E-state index contributed by atoms with van der Waals surface area (Å²) >= 11 is 0. The minimum atomic E-state index is -1.19. The van der Waals surface area contributed by atoms with Gasteiger partial charge in [0.1, 0.15) is 35.8 Å². The Morgan fingerprint density at radius 3 is 2.52 bits per heavy atom. The summed E-state index contributed by atoms with van der Waals surface area (Å²) in [6.07, 6.45) is -1.17. The van der Waals surface area contributed by atoms with E-state index in [0.717, 1.165) is 11.1 Å². The Kier molecular flexibility index (Phi) is 3.97. The van der Waals surface area contributed by atoms with Gasteiger partial charge in [0.25, 0.3) is 0 Å². The first-order chi connectivity index (χ1) is 12.1. The molecule has 0 radical (unpaired) electrons. The predicted octanol–water partition coefficient (Wildman–Crippen LogP) is 0.413. The fourth-order valence-electron chi connectivity index (χ4n) is 3.07. The first-order valence-electron chi connectivity index (χ1n) is 7.97. The number of ether oxygens (including phenoxy) is 1. The van der Waals surface area contributed by atoms with Crippen molar-refractivity contribution in [3.63, 3.8) is 0 Å². The molecule has 1 aliphatic rings. The standard InChI is InChI=1S/C17H18N4O4/c1-9-2-4-10(5-3-9)12-13-16(19-7-18-12)21(8-20-13)17-15(24)14(23)11(6-22)25-17/h2-5,7-8,11,14-15,17,22-24H,6H2,1H3/t11-,14-,15-,17?/m1/s1. The van der Waals surface area contributed by atoms with Crippen LogP contribution in [-0.4, -0.2) is 59.8 Å². The van der Waals surface area contributed by atoms with Gasteiger partial charge in [-0.15, -0.1) is 0 Å². The second-order valence-corrected chi connectivity index (χ2v) is 6.14. The van der Waals surface area contributed by atoms with Gasteiger partial charge in [0.15, 0.2) is 11.9 Å². The van der Waals surface area contributed by atoms with E-state index in [1.165, 1.54) is 12.7 Å². The van der Waals surface area contributed by atoms with Gasteiger partial charge in [-0.2, -0.15) is 0 Å². The Hall–Kier alpha value is -2.39. The van der Waals surface area contributed by atoms with Gasteiger partial charge in [-0.25, -0.2) is 15.0 Å². The molecule has 2 aromatic heterocycles. The molecule has 3 N–H and O–H groups in total. The minimum absolute atomic E-state index is 0.384. The van der Waals surface area contributed by atoms with Gasteiger partial charge in [-0.3, -0.25) is 4.57 Å². The summed E-state index contributed by atoms with van der Waals surface area (Å²) in [5.74, 6) is 0. The molecule has 8 nitrogen and oxygen atoms in total. The lowest BCUT2D eigenvalue weighted by Crippen LogP contribution is -2.33. The van der Waals surface area contributed by atoms with E-state index in [2.05, 4.69) is 15.0 Å². The predicted molar refractivity (Wildman–Crippen MR) is 88.5 cm³/mol. The second-order valence-electron chi connectivity index (χ2n) is 6.14. The maximum absolute atomic E-state index is 10.2. The van der Waals surface area contributed by atoms with Crippen molar-refractivity contribution in [3.8, 4) is 11.3 Å². The quantitative estimate of drug-likeness (QED) is 0.632. The van der Waals surface area contributed by atoms with Crippen LogP contribution in [0.15, 0.2) is 36.9 Å². The highest BCUT2D eigenvalue weighted by molar-refractivity contribution is 5.87. The van der Waals surface area contributed by atoms with Gasteiger partial charge >= 0.3 is 0 Å². The third kappa shape index (κ3) is 2.59. The number of aliphatic hydroxyl groups is 3. The van der Waals surface area contributed by atoms with E-state index in [1.807, 2.05) is 31.2 Å². The van der Waals surface area contributed by atoms with Crippen molar-refractivity contribution in [1.29, 1.82) is 0 Å². The Labute approximate surface area is 143 Å². The summed E-state index contributed by atoms with van der Waals surface area (Å²) in [6.45, 7) is 1.63. The van der Waals surface area contributed by atoms with Gasteiger partial charge < -0.3 is 20.1 Å². The van der Waals surface area contributed by atoms with Crippen LogP contribution in [0.25, 0.3) is 22.4 Å². The largest absolute Gasteiger partial charge is 0.394 e. The molecule has 1 aromatic carbocycles. The highest BCUT2D eigenvalue weighted by Crippen LogP contribution is 2.32. The van der Waals surface area contributed by atoms with Crippen LogP contribution in [0.2, 0.25) is 0 Å². The number of aromatic nitrogens is 4. The molecule has 3 heterocycles. The fourth-order valence-corrected chi connectivity index (χ4v) is 3.07. The van der Waals surface area contributed by atoms with Crippen LogP contribution in [0.4, 0.5) is 0 Å². The van der Waals surface area contributed by atoms with E-state index in [4.69, 9.17) is 4.74 Å². The van der Waals surface area contributed by atoms with Gasteiger partial charge in [0.05, 0.1) is 12.9 Å². The van der Waals surface area contributed by atoms with Crippen LogP contribution < -0.4 is 0 Å². The number of fused-ring (bicyclic) bond motifs is 1. The number of hydrogen-bond donors (Lipinski definition) is 3. The zero-order valence-corrected chi connectivity index (χ0v) is 13.5. The third-order valence-corrected chi connectivity index (χ3v) is 4.48. The number of aliphatic hydroxyl groups excluding tert-OH is 3. The molecule has 0 amide bonds. The lowest BCUT2D eigenvalue weighted by molar-refractivity contribution is -0.0511. The maximum atomic E-state index is 10.2. The summed E-state index contributed by atoms with van der Waals surface area (Å²) in [7, 11) is 0. The Bertz CT molecular complexity index is 895. The summed E-state index contributed by atoms with van der Waals surface area (Å²) in [4.78, 5) is 13.0. The van der Waals surface area contributed by atoms with Crippen molar-refractivity contribution in [1.82, 2.24) is 19.5 Å². The molecule has 0 saturated carbocycles. The average Bonchev–Trinajstić information content (AvgIpc) is 3.17. The van der Waals surface area contributed by atoms with Gasteiger partial charge in [-0.1, -0.05) is 29.8 Å². The summed E-state index contributed by atoms with van der Waals surface area (Å²) in [5, 5.41) is 29.4. The van der Waals surface area contributed by atoms with E-state index in [-0.39, 0.29) is 6.61 Å². The monoisotopic (exact) mass is 342 g/mol. The van der Waals surface area contributed by atoms with Crippen molar-refractivity contribution in [2.75, 3.05) is 6.61 Å². The van der Waals surface area contributed by atoms with Crippen LogP contribution >= 0.6 is 0 Å². The van der Waals surface area contributed by atoms with Crippen LogP contribution in [0.3, 0.4) is 0 Å². The first-order valence-corrected chi connectivity index (χ1v) is 7.97. The molecule has 4 rings (SSSR count). The van der Waals surface area contributed by atoms with Gasteiger partial charge in [0, 0.05) is 5.56 Å². The maximum Gasteiger partial charge on any atom is 0.166 e. The highest BCUT2D eigenvalue weighted by atomic mass is 16.6. The molecule has 8 heteroatoms. The number of rotatable bonds is 3. The molecule has 0 aliphatic carbocycles. The van der Waals surface area contributed by atoms with Crippen molar-refractivity contribution >= 4 is 11.2 Å². The Morgan fingerprint density at radius 2 is 1.84 bits per heavy atom. The number of aryl methyl sites for hydroxylation is 1. The van der Waals surface area contributed by atoms with Gasteiger partial charge in [-0.05, 0) is 6.92 Å². The number of imidazole rings is 1. The topological polar surface area (TPSA) is 114 Å². The molecule has 1 unspecified atom stereocenters. The van der Waals surface area contributed by atoms with E-state index in [9.17, 15) is 15.3 Å². The van der Waals surface area contributed by atoms with Crippen molar-refractivity contribution in [2.24, 2.45) is 0 Å². The first kappa shape index (κ1) is 16.1. The molecular formula is C17H18N4O4. The second kappa shape index (κ2) is 6.16. The zero-order valence-electron chi connectivity index (χ0n) is 13.5. The van der Waals surface area contributed by atoms with Crippen molar-refractivity contribution in [3.05, 3.63) is 42.5 Å². The Morgan fingerprint density at radius 1 is 1.08 bits per heavy atom. The average molecular weight is 342 g/mol. The summed E-state index contributed by atoms with van der Waals surface area (Å²) < 4.78 is 7.12. The molecule has 130 valence electrons. The number of hydrogen-bond acceptors (Lipinski definition) is 7. The van der Waals surface area contributed by atoms with Crippen LogP contribution in [-0.2, 0) is 4.74 Å². The van der Waals surface area contributed by atoms with E-state index >= 15 is 0 Å². The smallest absolute Gasteiger partial charge is 0.166 e. The molecule has 25 heavy (non-hydrogen) atoms. The van der Waals surface area contributed by atoms with E-state index < -0.39 is 24.5 Å². The number of benzene rings is 1. The SMILES string of the molecule is Cc1ccc(-c2ncnc3c2ncn3C2O[C@H](CO)[C@@H](O)[C@H]2O)cc1.